The van der Waals surface area contributed by atoms with Gasteiger partial charge in [0.25, 0.3) is 0 Å². The third kappa shape index (κ3) is 2.56. The molecule has 0 spiro atoms. The fourth-order valence-corrected chi connectivity index (χ4v) is 4.48. The van der Waals surface area contributed by atoms with Crippen LogP contribution in [0.1, 0.15) is 18.4 Å². The standard InChI is InChI=1S/C13H15N3O2S2/c14-13-12(2-1-6-15-13)20(17,18)16(11-3-4-11)8-10-5-7-19-9-10/h1-2,5-7,9,11H,3-4,8H2,(H2,14,15). The number of hydrogen-bond acceptors (Lipinski definition) is 5. The summed E-state index contributed by atoms with van der Waals surface area (Å²) >= 11 is 1.56. The summed E-state index contributed by atoms with van der Waals surface area (Å²) in [5, 5.41) is 3.92. The molecule has 2 aromatic rings. The Bertz CT molecular complexity index is 694. The van der Waals surface area contributed by atoms with Gasteiger partial charge in [-0.1, -0.05) is 0 Å². The maximum absolute atomic E-state index is 12.8. The number of nitrogens with zero attached hydrogens (tertiary/aromatic N) is 2. The van der Waals surface area contributed by atoms with Crippen molar-refractivity contribution in [3.63, 3.8) is 0 Å². The molecule has 2 heterocycles. The van der Waals surface area contributed by atoms with Crippen molar-refractivity contribution in [2.45, 2.75) is 30.3 Å². The highest BCUT2D eigenvalue weighted by atomic mass is 32.2. The normalized spacial score (nSPS) is 15.7. The zero-order valence-corrected chi connectivity index (χ0v) is 12.4. The van der Waals surface area contributed by atoms with Gasteiger partial charge in [0.15, 0.2) is 0 Å². The average Bonchev–Trinajstić information content (AvgIpc) is 3.12. The predicted molar refractivity (Wildman–Crippen MR) is 78.7 cm³/mol. The monoisotopic (exact) mass is 309 g/mol. The van der Waals surface area contributed by atoms with E-state index < -0.39 is 10.0 Å². The number of thiophene rings is 1. The summed E-state index contributed by atoms with van der Waals surface area (Å²) in [6, 6.07) is 5.14. The van der Waals surface area contributed by atoms with E-state index in [0.717, 1.165) is 18.4 Å². The van der Waals surface area contributed by atoms with Crippen LogP contribution in [0.4, 0.5) is 5.82 Å². The summed E-state index contributed by atoms with van der Waals surface area (Å²) in [4.78, 5) is 3.98. The molecule has 1 aliphatic carbocycles. The maximum atomic E-state index is 12.8. The van der Waals surface area contributed by atoms with Gasteiger partial charge in [0.2, 0.25) is 10.0 Å². The van der Waals surface area contributed by atoms with E-state index in [1.54, 1.807) is 21.7 Å². The number of aromatic nitrogens is 1. The van der Waals surface area contributed by atoms with Gasteiger partial charge in [-0.15, -0.1) is 0 Å². The molecule has 20 heavy (non-hydrogen) atoms. The average molecular weight is 309 g/mol. The van der Waals surface area contributed by atoms with Crippen molar-refractivity contribution in [2.24, 2.45) is 0 Å². The molecule has 1 fully saturated rings. The fourth-order valence-electron chi connectivity index (χ4n) is 2.08. The van der Waals surface area contributed by atoms with Crippen molar-refractivity contribution in [1.82, 2.24) is 9.29 Å². The van der Waals surface area contributed by atoms with Crippen molar-refractivity contribution in [3.05, 3.63) is 40.7 Å². The Labute approximate surface area is 122 Å². The molecule has 106 valence electrons. The van der Waals surface area contributed by atoms with Crippen LogP contribution < -0.4 is 5.73 Å². The van der Waals surface area contributed by atoms with Crippen molar-refractivity contribution in [3.8, 4) is 0 Å². The van der Waals surface area contributed by atoms with Gasteiger partial charge in [0, 0.05) is 18.8 Å². The van der Waals surface area contributed by atoms with Gasteiger partial charge in [-0.05, 0) is 47.4 Å². The number of anilines is 1. The Hall–Kier alpha value is -1.44. The van der Waals surface area contributed by atoms with Crippen LogP contribution in [0.3, 0.4) is 0 Å². The number of nitrogen functional groups attached to an aromatic ring is 1. The summed E-state index contributed by atoms with van der Waals surface area (Å²) in [5.74, 6) is 0.0588. The molecule has 1 aliphatic rings. The van der Waals surface area contributed by atoms with Crippen LogP contribution in [0.25, 0.3) is 0 Å². The van der Waals surface area contributed by atoms with E-state index in [1.165, 1.54) is 12.3 Å². The lowest BCUT2D eigenvalue weighted by atomic mass is 10.3. The molecule has 0 aliphatic heterocycles. The van der Waals surface area contributed by atoms with E-state index in [9.17, 15) is 8.42 Å². The Morgan fingerprint density at radius 2 is 2.20 bits per heavy atom. The zero-order chi connectivity index (χ0) is 14.2. The number of sulfonamides is 1. The van der Waals surface area contributed by atoms with E-state index in [2.05, 4.69) is 4.98 Å². The zero-order valence-electron chi connectivity index (χ0n) is 10.8. The van der Waals surface area contributed by atoms with Gasteiger partial charge >= 0.3 is 0 Å². The lowest BCUT2D eigenvalue weighted by Crippen LogP contribution is -2.33. The van der Waals surface area contributed by atoms with Crippen LogP contribution >= 0.6 is 11.3 Å². The summed E-state index contributed by atoms with van der Waals surface area (Å²) in [7, 11) is -3.59. The highest BCUT2D eigenvalue weighted by Crippen LogP contribution is 2.34. The molecule has 0 amide bonds. The van der Waals surface area contributed by atoms with E-state index in [-0.39, 0.29) is 16.8 Å². The van der Waals surface area contributed by atoms with E-state index in [0.29, 0.717) is 6.54 Å². The largest absolute Gasteiger partial charge is 0.383 e. The predicted octanol–water partition coefficient (Wildman–Crippen LogP) is 2.08. The molecule has 0 radical (unpaired) electrons. The second-order valence-corrected chi connectivity index (χ2v) is 7.44. The molecule has 2 N–H and O–H groups in total. The minimum Gasteiger partial charge on any atom is -0.383 e. The molecular weight excluding hydrogens is 294 g/mol. The van der Waals surface area contributed by atoms with Gasteiger partial charge in [-0.3, -0.25) is 0 Å². The molecule has 1 saturated carbocycles. The lowest BCUT2D eigenvalue weighted by molar-refractivity contribution is 0.399. The SMILES string of the molecule is Nc1ncccc1S(=O)(=O)N(Cc1ccsc1)C1CC1. The van der Waals surface area contributed by atoms with Crippen molar-refractivity contribution < 1.29 is 8.42 Å². The Morgan fingerprint density at radius 3 is 2.80 bits per heavy atom. The summed E-state index contributed by atoms with van der Waals surface area (Å²) in [6.07, 6.45) is 3.31. The highest BCUT2D eigenvalue weighted by Gasteiger charge is 2.39. The molecule has 0 atom stereocenters. The Morgan fingerprint density at radius 1 is 1.40 bits per heavy atom. The molecule has 0 saturated heterocycles. The molecule has 0 bridgehead atoms. The van der Waals surface area contributed by atoms with Crippen LogP contribution in [0.15, 0.2) is 40.1 Å². The number of nitrogens with two attached hydrogens (primary N) is 1. The van der Waals surface area contributed by atoms with Crippen molar-refractivity contribution >= 4 is 27.2 Å². The second kappa shape index (κ2) is 5.16. The minimum atomic E-state index is -3.59. The number of pyridine rings is 1. The molecular formula is C13H15N3O2S2. The fraction of sp³-hybridized carbons (Fsp3) is 0.308. The number of rotatable bonds is 5. The molecule has 0 unspecified atom stereocenters. The van der Waals surface area contributed by atoms with Gasteiger partial charge in [-0.2, -0.15) is 15.6 Å². The van der Waals surface area contributed by atoms with Crippen LogP contribution in [0.5, 0.6) is 0 Å². The molecule has 2 aromatic heterocycles. The van der Waals surface area contributed by atoms with Crippen LogP contribution in [-0.4, -0.2) is 23.7 Å². The van der Waals surface area contributed by atoms with Gasteiger partial charge in [0.05, 0.1) is 0 Å². The van der Waals surface area contributed by atoms with Gasteiger partial charge < -0.3 is 5.73 Å². The lowest BCUT2D eigenvalue weighted by Gasteiger charge is -2.21. The van der Waals surface area contributed by atoms with Gasteiger partial charge in [0.1, 0.15) is 10.7 Å². The summed E-state index contributed by atoms with van der Waals surface area (Å²) < 4.78 is 27.1. The first kappa shape index (κ1) is 13.5. The van der Waals surface area contributed by atoms with E-state index in [4.69, 9.17) is 5.73 Å². The summed E-state index contributed by atoms with van der Waals surface area (Å²) in [6.45, 7) is 0.394. The topological polar surface area (TPSA) is 76.3 Å². The third-order valence-corrected chi connectivity index (χ3v) is 5.94. The Balaban J connectivity index is 1.96. The summed E-state index contributed by atoms with van der Waals surface area (Å²) in [5.41, 5.74) is 6.73. The van der Waals surface area contributed by atoms with Crippen molar-refractivity contribution in [1.29, 1.82) is 0 Å². The van der Waals surface area contributed by atoms with E-state index in [1.807, 2.05) is 16.8 Å². The maximum Gasteiger partial charge on any atom is 0.247 e. The molecule has 5 nitrogen and oxygen atoms in total. The quantitative estimate of drug-likeness (QED) is 0.917. The third-order valence-electron chi connectivity index (χ3n) is 3.26. The van der Waals surface area contributed by atoms with Crippen LogP contribution in [0, 0.1) is 0 Å². The molecule has 7 heteroatoms. The first-order chi connectivity index (χ1) is 9.59. The van der Waals surface area contributed by atoms with E-state index >= 15 is 0 Å². The molecule has 0 aromatic carbocycles. The second-order valence-electron chi connectivity index (χ2n) is 4.80. The molecule has 3 rings (SSSR count). The van der Waals surface area contributed by atoms with Crippen LogP contribution in [-0.2, 0) is 16.6 Å². The Kier molecular flexibility index (Phi) is 3.49. The number of hydrogen-bond donors (Lipinski definition) is 1. The van der Waals surface area contributed by atoms with Crippen LogP contribution in [0.2, 0.25) is 0 Å². The van der Waals surface area contributed by atoms with Crippen molar-refractivity contribution in [2.75, 3.05) is 5.73 Å². The first-order valence-corrected chi connectivity index (χ1v) is 8.71. The first-order valence-electron chi connectivity index (χ1n) is 6.32. The smallest absolute Gasteiger partial charge is 0.247 e. The minimum absolute atomic E-state index is 0.0588. The highest BCUT2D eigenvalue weighted by molar-refractivity contribution is 7.89. The van der Waals surface area contributed by atoms with Gasteiger partial charge in [-0.25, -0.2) is 13.4 Å².